The molecule has 0 aromatic carbocycles. The summed E-state index contributed by atoms with van der Waals surface area (Å²) in [4.78, 5) is 25.4. The van der Waals surface area contributed by atoms with Crippen LogP contribution in [0.1, 0.15) is 33.1 Å². The van der Waals surface area contributed by atoms with Gasteiger partial charge in [0.1, 0.15) is 6.54 Å². The molecule has 0 aliphatic rings. The molecule has 0 heterocycles. The maximum Gasteiger partial charge on any atom is 0.325 e. The highest BCUT2D eigenvalue weighted by molar-refractivity contribution is 7.98. The fourth-order valence-corrected chi connectivity index (χ4v) is 2.40. The summed E-state index contributed by atoms with van der Waals surface area (Å²) in [5, 5.41) is 0. The Balaban J connectivity index is 4.72. The molecule has 0 saturated heterocycles. The minimum Gasteiger partial charge on any atom is -0.468 e. The molecule has 0 aromatic rings. The number of thioether (sulfide) groups is 1. The average Bonchev–Trinajstić information content (AvgIpc) is 2.47. The second kappa shape index (κ2) is 11.0. The van der Waals surface area contributed by atoms with E-state index < -0.39 is 12.0 Å². The number of carbonyl (C=O) groups is 2. The average molecular weight is 304 g/mol. The van der Waals surface area contributed by atoms with E-state index in [0.717, 1.165) is 18.6 Å². The zero-order valence-electron chi connectivity index (χ0n) is 13.1. The molecule has 0 radical (unpaired) electrons. The zero-order chi connectivity index (χ0) is 15.5. The number of nitrogens with two attached hydrogens (primary N) is 1. The molecule has 1 atom stereocenters. The van der Waals surface area contributed by atoms with E-state index in [1.54, 1.807) is 16.7 Å². The van der Waals surface area contributed by atoms with Crippen molar-refractivity contribution in [3.8, 4) is 0 Å². The van der Waals surface area contributed by atoms with Gasteiger partial charge in [0.2, 0.25) is 5.91 Å². The van der Waals surface area contributed by atoms with E-state index >= 15 is 0 Å². The van der Waals surface area contributed by atoms with Crippen molar-refractivity contribution in [1.82, 2.24) is 4.90 Å². The lowest BCUT2D eigenvalue weighted by Gasteiger charge is -2.28. The van der Waals surface area contributed by atoms with Gasteiger partial charge in [0.15, 0.2) is 0 Å². The van der Waals surface area contributed by atoms with Crippen LogP contribution in [0.3, 0.4) is 0 Å². The first-order valence-corrected chi connectivity index (χ1v) is 8.49. The highest BCUT2D eigenvalue weighted by Gasteiger charge is 2.24. The molecule has 0 saturated carbocycles. The highest BCUT2D eigenvalue weighted by Crippen LogP contribution is 2.12. The van der Waals surface area contributed by atoms with Crippen LogP contribution >= 0.6 is 11.8 Å². The van der Waals surface area contributed by atoms with E-state index in [4.69, 9.17) is 5.73 Å². The van der Waals surface area contributed by atoms with Crippen molar-refractivity contribution < 1.29 is 14.3 Å². The van der Waals surface area contributed by atoms with Gasteiger partial charge in [0.05, 0.1) is 13.2 Å². The third-order valence-electron chi connectivity index (χ3n) is 3.44. The monoisotopic (exact) mass is 304 g/mol. The number of esters is 1. The van der Waals surface area contributed by atoms with E-state index in [9.17, 15) is 9.59 Å². The topological polar surface area (TPSA) is 72.6 Å². The van der Waals surface area contributed by atoms with Crippen LogP contribution in [0.5, 0.6) is 0 Å². The molecule has 0 rings (SSSR count). The molecule has 20 heavy (non-hydrogen) atoms. The lowest BCUT2D eigenvalue weighted by molar-refractivity contribution is -0.147. The maximum absolute atomic E-state index is 12.4. The van der Waals surface area contributed by atoms with Crippen LogP contribution in [0, 0.1) is 5.92 Å². The molecule has 6 heteroatoms. The van der Waals surface area contributed by atoms with E-state index in [1.807, 2.05) is 6.26 Å². The summed E-state index contributed by atoms with van der Waals surface area (Å²) in [6.45, 7) is 4.72. The minimum absolute atomic E-state index is 0.0151. The predicted molar refractivity (Wildman–Crippen MR) is 83.6 cm³/mol. The smallest absolute Gasteiger partial charge is 0.325 e. The molecule has 0 spiro atoms. The van der Waals surface area contributed by atoms with Crippen LogP contribution in [0.15, 0.2) is 0 Å². The molecular weight excluding hydrogens is 276 g/mol. The van der Waals surface area contributed by atoms with Crippen LogP contribution in [-0.2, 0) is 14.3 Å². The minimum atomic E-state index is -0.540. The molecule has 2 N–H and O–H groups in total. The van der Waals surface area contributed by atoms with Crippen molar-refractivity contribution in [3.63, 3.8) is 0 Å². The summed E-state index contributed by atoms with van der Waals surface area (Å²) < 4.78 is 4.66. The molecule has 0 aliphatic carbocycles. The standard InChI is InChI=1S/C14H28N2O3S/c1-5-11(6-2)9-16(10-13(17)19-3)14(18)12(15)7-8-20-4/h11-12H,5-10,15H2,1-4H3/t12-/m1/s1. The Hall–Kier alpha value is -0.750. The van der Waals surface area contributed by atoms with Crippen molar-refractivity contribution in [2.24, 2.45) is 11.7 Å². The number of nitrogens with zero attached hydrogens (tertiary/aromatic N) is 1. The number of carbonyl (C=O) groups excluding carboxylic acids is 2. The van der Waals surface area contributed by atoms with Crippen molar-refractivity contribution >= 4 is 23.6 Å². The zero-order valence-corrected chi connectivity index (χ0v) is 13.9. The normalized spacial score (nSPS) is 12.3. The van der Waals surface area contributed by atoms with Crippen LogP contribution in [0.4, 0.5) is 0 Å². The predicted octanol–water partition coefficient (Wildman–Crippen LogP) is 1.50. The highest BCUT2D eigenvalue weighted by atomic mass is 32.2. The third-order valence-corrected chi connectivity index (χ3v) is 4.09. The Labute approximate surface area is 126 Å². The van der Waals surface area contributed by atoms with Gasteiger partial charge in [-0.25, -0.2) is 0 Å². The molecule has 0 bridgehead atoms. The van der Waals surface area contributed by atoms with E-state index in [1.165, 1.54) is 7.11 Å². The van der Waals surface area contributed by atoms with Gasteiger partial charge < -0.3 is 15.4 Å². The van der Waals surface area contributed by atoms with Gasteiger partial charge in [-0.2, -0.15) is 11.8 Å². The largest absolute Gasteiger partial charge is 0.468 e. The number of methoxy groups -OCH3 is 1. The Bertz CT molecular complexity index is 296. The Morgan fingerprint density at radius 2 is 1.90 bits per heavy atom. The fourth-order valence-electron chi connectivity index (χ4n) is 1.91. The number of hydrogen-bond acceptors (Lipinski definition) is 5. The lowest BCUT2D eigenvalue weighted by atomic mass is 10.0. The van der Waals surface area contributed by atoms with E-state index in [2.05, 4.69) is 18.6 Å². The van der Waals surface area contributed by atoms with Crippen LogP contribution in [0.2, 0.25) is 0 Å². The van der Waals surface area contributed by atoms with E-state index in [-0.39, 0.29) is 12.5 Å². The van der Waals surface area contributed by atoms with Crippen molar-refractivity contribution in [3.05, 3.63) is 0 Å². The second-order valence-electron chi connectivity index (χ2n) is 4.87. The quantitative estimate of drug-likeness (QED) is 0.619. The molecule has 5 nitrogen and oxygen atoms in total. The summed E-state index contributed by atoms with van der Waals surface area (Å²) >= 11 is 1.66. The summed E-state index contributed by atoms with van der Waals surface area (Å²) in [5.74, 6) is 0.665. The van der Waals surface area contributed by atoms with Gasteiger partial charge in [-0.3, -0.25) is 9.59 Å². The van der Waals surface area contributed by atoms with Gasteiger partial charge in [0.25, 0.3) is 0 Å². The second-order valence-corrected chi connectivity index (χ2v) is 5.85. The van der Waals surface area contributed by atoms with Gasteiger partial charge in [-0.05, 0) is 24.3 Å². The summed E-state index contributed by atoms with van der Waals surface area (Å²) in [6, 6.07) is -0.540. The van der Waals surface area contributed by atoms with Crippen LogP contribution in [0.25, 0.3) is 0 Å². The Morgan fingerprint density at radius 1 is 1.30 bits per heavy atom. The SMILES string of the molecule is CCC(CC)CN(CC(=O)OC)C(=O)[C@H](N)CCSC. The fraction of sp³-hybridized carbons (Fsp3) is 0.857. The molecular formula is C14H28N2O3S. The number of rotatable bonds is 10. The Kier molecular flexibility index (Phi) is 10.6. The van der Waals surface area contributed by atoms with Gasteiger partial charge in [-0.1, -0.05) is 26.7 Å². The van der Waals surface area contributed by atoms with Crippen LogP contribution in [-0.4, -0.2) is 55.0 Å². The van der Waals surface area contributed by atoms with Crippen molar-refractivity contribution in [2.75, 3.05) is 32.2 Å². The molecule has 0 unspecified atom stereocenters. The third kappa shape index (κ3) is 7.14. The first-order valence-electron chi connectivity index (χ1n) is 7.10. The molecule has 0 fully saturated rings. The van der Waals surface area contributed by atoms with Gasteiger partial charge in [0, 0.05) is 6.54 Å². The lowest BCUT2D eigenvalue weighted by Crippen LogP contribution is -2.48. The molecule has 0 aliphatic heterocycles. The van der Waals surface area contributed by atoms with Gasteiger partial charge >= 0.3 is 5.97 Å². The number of hydrogen-bond donors (Lipinski definition) is 1. The Morgan fingerprint density at radius 3 is 2.35 bits per heavy atom. The first kappa shape index (κ1) is 19.2. The van der Waals surface area contributed by atoms with Gasteiger partial charge in [-0.15, -0.1) is 0 Å². The molecule has 1 amide bonds. The van der Waals surface area contributed by atoms with E-state index in [0.29, 0.717) is 18.9 Å². The summed E-state index contributed by atoms with van der Waals surface area (Å²) in [7, 11) is 1.33. The summed E-state index contributed by atoms with van der Waals surface area (Å²) in [6.07, 6.45) is 4.55. The molecule has 0 aromatic heterocycles. The number of amides is 1. The van der Waals surface area contributed by atoms with Crippen LogP contribution < -0.4 is 5.73 Å². The summed E-state index contributed by atoms with van der Waals surface area (Å²) in [5.41, 5.74) is 5.92. The van der Waals surface area contributed by atoms with Crippen molar-refractivity contribution in [1.29, 1.82) is 0 Å². The number of ether oxygens (including phenoxy) is 1. The molecule has 118 valence electrons. The van der Waals surface area contributed by atoms with Crippen molar-refractivity contribution in [2.45, 2.75) is 39.2 Å². The maximum atomic E-state index is 12.4. The first-order chi connectivity index (χ1) is 9.49.